The lowest BCUT2D eigenvalue weighted by Crippen LogP contribution is -2.46. The van der Waals surface area contributed by atoms with E-state index in [-0.39, 0.29) is 13.1 Å². The summed E-state index contributed by atoms with van der Waals surface area (Å²) in [6.07, 6.45) is 0. The summed E-state index contributed by atoms with van der Waals surface area (Å²) >= 11 is 1.25. The molecule has 8 heteroatoms. The van der Waals surface area contributed by atoms with Gasteiger partial charge >= 0.3 is 5.97 Å². The van der Waals surface area contributed by atoms with Gasteiger partial charge in [-0.1, -0.05) is 6.07 Å². The molecule has 0 radical (unpaired) electrons. The van der Waals surface area contributed by atoms with Gasteiger partial charge in [0.25, 0.3) is 11.8 Å². The van der Waals surface area contributed by atoms with Crippen LogP contribution in [0.2, 0.25) is 0 Å². The molecule has 0 spiro atoms. The molecular weight excluding hydrogens is 258 g/mol. The van der Waals surface area contributed by atoms with E-state index in [1.165, 1.54) is 23.3 Å². The molecule has 0 bridgehead atoms. The van der Waals surface area contributed by atoms with Crippen molar-refractivity contribution in [2.24, 2.45) is 0 Å². The molecule has 0 fully saturated rings. The Hall–Kier alpha value is -1.93. The fraction of sp³-hybridized carbons (Fsp3) is 0.300. The molecule has 0 aliphatic heterocycles. The van der Waals surface area contributed by atoms with Gasteiger partial charge in [0.05, 0.1) is 18.0 Å². The molecular formula is C10H13N3O4S. The van der Waals surface area contributed by atoms with Crippen molar-refractivity contribution < 1.29 is 19.5 Å². The van der Waals surface area contributed by atoms with Gasteiger partial charge in [0, 0.05) is 0 Å². The highest BCUT2D eigenvalue weighted by Gasteiger charge is 2.11. The fourth-order valence-electron chi connectivity index (χ4n) is 1.17. The molecule has 1 aromatic heterocycles. The first-order valence-electron chi connectivity index (χ1n) is 5.02. The van der Waals surface area contributed by atoms with Gasteiger partial charge in [-0.25, -0.2) is 0 Å². The summed E-state index contributed by atoms with van der Waals surface area (Å²) < 4.78 is 0. The van der Waals surface area contributed by atoms with E-state index >= 15 is 0 Å². The first kappa shape index (κ1) is 14.1. The zero-order chi connectivity index (χ0) is 13.5. The number of likely N-dealkylation sites (N-methyl/N-ethyl adjacent to an activating group) is 1. The van der Waals surface area contributed by atoms with Crippen LogP contribution in [0, 0.1) is 0 Å². The largest absolute Gasteiger partial charge is 0.480 e. The lowest BCUT2D eigenvalue weighted by Gasteiger charge is -2.13. The average molecular weight is 271 g/mol. The van der Waals surface area contributed by atoms with Crippen LogP contribution in [0.4, 0.5) is 0 Å². The minimum Gasteiger partial charge on any atom is -0.480 e. The number of nitrogens with zero attached hydrogens (tertiary/aromatic N) is 1. The van der Waals surface area contributed by atoms with Crippen molar-refractivity contribution in [2.45, 2.75) is 0 Å². The zero-order valence-electron chi connectivity index (χ0n) is 9.67. The Labute approximate surface area is 107 Å². The first-order chi connectivity index (χ1) is 8.49. The van der Waals surface area contributed by atoms with Gasteiger partial charge in [-0.05, 0) is 18.5 Å². The van der Waals surface area contributed by atoms with Gasteiger partial charge in [-0.15, -0.1) is 11.3 Å². The quantitative estimate of drug-likeness (QED) is 0.629. The van der Waals surface area contributed by atoms with Gasteiger partial charge in [0.1, 0.15) is 0 Å². The number of thiophene rings is 1. The summed E-state index contributed by atoms with van der Waals surface area (Å²) in [5.74, 6) is -1.91. The molecule has 0 aromatic carbocycles. The van der Waals surface area contributed by atoms with Crippen LogP contribution in [-0.4, -0.2) is 47.9 Å². The number of carbonyl (C=O) groups is 3. The number of amides is 2. The molecule has 0 saturated carbocycles. The van der Waals surface area contributed by atoms with Crippen LogP contribution in [0.5, 0.6) is 0 Å². The summed E-state index contributed by atoms with van der Waals surface area (Å²) in [6.45, 7) is -0.358. The highest BCUT2D eigenvalue weighted by Crippen LogP contribution is 2.06. The van der Waals surface area contributed by atoms with Gasteiger partial charge in [0.15, 0.2) is 0 Å². The zero-order valence-corrected chi connectivity index (χ0v) is 10.5. The Morgan fingerprint density at radius 2 is 2.06 bits per heavy atom. The maximum absolute atomic E-state index is 11.5. The molecule has 0 aliphatic rings. The molecule has 3 N–H and O–H groups in total. The Morgan fingerprint density at radius 1 is 1.33 bits per heavy atom. The Kier molecular flexibility index (Phi) is 5.28. The summed E-state index contributed by atoms with van der Waals surface area (Å²) in [6, 6.07) is 3.35. The minimum absolute atomic E-state index is 0.114. The molecule has 0 unspecified atom stereocenters. The number of nitrogens with one attached hydrogen (secondary N) is 2. The molecule has 1 heterocycles. The van der Waals surface area contributed by atoms with Crippen LogP contribution in [0.15, 0.2) is 17.5 Å². The predicted molar refractivity (Wildman–Crippen MR) is 65.1 cm³/mol. The molecule has 0 atom stereocenters. The minimum atomic E-state index is -1.02. The number of carboxylic acid groups (broad SMARTS) is 1. The van der Waals surface area contributed by atoms with E-state index in [1.54, 1.807) is 17.5 Å². The van der Waals surface area contributed by atoms with Crippen molar-refractivity contribution in [2.75, 3.05) is 20.1 Å². The molecule has 1 rings (SSSR count). The molecule has 1 aromatic rings. The van der Waals surface area contributed by atoms with Gasteiger partial charge < -0.3 is 5.11 Å². The van der Waals surface area contributed by atoms with Gasteiger partial charge in [-0.3, -0.25) is 30.1 Å². The van der Waals surface area contributed by atoms with E-state index < -0.39 is 17.8 Å². The SMILES string of the molecule is CN(CC(=O)O)CC(=O)NNC(=O)c1cccs1. The lowest BCUT2D eigenvalue weighted by molar-refractivity contribution is -0.138. The van der Waals surface area contributed by atoms with E-state index in [0.717, 1.165) is 0 Å². The normalized spacial score (nSPS) is 10.1. The predicted octanol–water partition coefficient (Wildman–Crippen LogP) is -0.474. The Balaban J connectivity index is 2.29. The van der Waals surface area contributed by atoms with Crippen LogP contribution in [0.1, 0.15) is 9.67 Å². The lowest BCUT2D eigenvalue weighted by atomic mass is 10.4. The van der Waals surface area contributed by atoms with Crippen LogP contribution < -0.4 is 10.9 Å². The maximum Gasteiger partial charge on any atom is 0.317 e. The van der Waals surface area contributed by atoms with Crippen molar-refractivity contribution in [1.82, 2.24) is 15.8 Å². The summed E-state index contributed by atoms with van der Waals surface area (Å²) in [7, 11) is 1.49. The van der Waals surface area contributed by atoms with Crippen LogP contribution in [-0.2, 0) is 9.59 Å². The summed E-state index contributed by atoms with van der Waals surface area (Å²) in [4.78, 5) is 35.0. The molecule has 0 saturated heterocycles. The number of hydrogen-bond donors (Lipinski definition) is 3. The van der Waals surface area contributed by atoms with Crippen LogP contribution in [0.3, 0.4) is 0 Å². The van der Waals surface area contributed by atoms with Crippen LogP contribution >= 0.6 is 11.3 Å². The standard InChI is InChI=1S/C10H13N3O4S/c1-13(6-9(15)16)5-8(14)11-12-10(17)7-3-2-4-18-7/h2-4H,5-6H2,1H3,(H,11,14)(H,12,17)(H,15,16). The van der Waals surface area contributed by atoms with E-state index in [4.69, 9.17) is 5.11 Å². The molecule has 2 amide bonds. The van der Waals surface area contributed by atoms with Gasteiger partial charge in [0.2, 0.25) is 0 Å². The van der Waals surface area contributed by atoms with Gasteiger partial charge in [-0.2, -0.15) is 0 Å². The summed E-state index contributed by atoms with van der Waals surface area (Å²) in [5.41, 5.74) is 4.45. The fourth-order valence-corrected chi connectivity index (χ4v) is 1.79. The second kappa shape index (κ2) is 6.72. The van der Waals surface area contributed by atoms with E-state index in [1.807, 2.05) is 0 Å². The van der Waals surface area contributed by atoms with Crippen molar-refractivity contribution in [3.8, 4) is 0 Å². The maximum atomic E-state index is 11.5. The number of hydrazine groups is 1. The van der Waals surface area contributed by atoms with E-state index in [0.29, 0.717) is 4.88 Å². The summed E-state index contributed by atoms with van der Waals surface area (Å²) in [5, 5.41) is 10.2. The highest BCUT2D eigenvalue weighted by molar-refractivity contribution is 7.12. The Bertz CT molecular complexity index is 432. The van der Waals surface area contributed by atoms with Crippen molar-refractivity contribution in [3.63, 3.8) is 0 Å². The van der Waals surface area contributed by atoms with E-state index in [9.17, 15) is 14.4 Å². The second-order valence-electron chi connectivity index (χ2n) is 3.55. The number of aliphatic carboxylic acids is 1. The molecule has 98 valence electrons. The average Bonchev–Trinajstić information content (AvgIpc) is 2.77. The topological polar surface area (TPSA) is 98.7 Å². The third kappa shape index (κ3) is 4.93. The third-order valence-corrected chi connectivity index (χ3v) is 2.75. The molecule has 7 nitrogen and oxygen atoms in total. The number of rotatable bonds is 5. The number of carboxylic acids is 1. The monoisotopic (exact) mass is 271 g/mol. The first-order valence-corrected chi connectivity index (χ1v) is 5.90. The van der Waals surface area contributed by atoms with E-state index in [2.05, 4.69) is 10.9 Å². The van der Waals surface area contributed by atoms with Crippen molar-refractivity contribution in [3.05, 3.63) is 22.4 Å². The van der Waals surface area contributed by atoms with Crippen molar-refractivity contribution in [1.29, 1.82) is 0 Å². The van der Waals surface area contributed by atoms with Crippen molar-refractivity contribution >= 4 is 29.1 Å². The Morgan fingerprint density at radius 3 is 2.61 bits per heavy atom. The van der Waals surface area contributed by atoms with Crippen LogP contribution in [0.25, 0.3) is 0 Å². The molecule has 0 aliphatic carbocycles. The smallest absolute Gasteiger partial charge is 0.317 e. The molecule has 18 heavy (non-hydrogen) atoms. The third-order valence-electron chi connectivity index (χ3n) is 1.88. The number of hydrogen-bond acceptors (Lipinski definition) is 5. The second-order valence-corrected chi connectivity index (χ2v) is 4.49. The number of carbonyl (C=O) groups excluding carboxylic acids is 2. The highest BCUT2D eigenvalue weighted by atomic mass is 32.1.